The number of hydrogen-bond acceptors (Lipinski definition) is 2. The average Bonchev–Trinajstić information content (AvgIpc) is 2.22. The van der Waals surface area contributed by atoms with Gasteiger partial charge in [0.25, 0.3) is 0 Å². The second-order valence-electron chi connectivity index (χ2n) is 5.10. The first-order valence-corrected chi connectivity index (χ1v) is 5.98. The molecule has 1 aromatic carbocycles. The van der Waals surface area contributed by atoms with E-state index < -0.39 is 10.8 Å². The number of benzene rings is 1. The topological polar surface area (TPSA) is 33.0 Å². The highest BCUT2D eigenvalue weighted by atomic mass is 19.1. The Morgan fingerprint density at radius 2 is 1.94 bits per heavy atom. The molecule has 3 rings (SSSR count). The molecule has 2 aliphatic rings. The maximum absolute atomic E-state index is 14.0. The van der Waals surface area contributed by atoms with E-state index in [-0.39, 0.29) is 5.82 Å². The van der Waals surface area contributed by atoms with Gasteiger partial charge in [0.15, 0.2) is 0 Å². The van der Waals surface area contributed by atoms with Crippen LogP contribution in [-0.4, -0.2) is 13.2 Å². The Bertz CT molecular complexity index is 483. The molecule has 2 nitrogen and oxygen atoms in total. The number of rotatable bonds is 2. The summed E-state index contributed by atoms with van der Waals surface area (Å²) in [6.07, 6.45) is 2.78. The van der Waals surface area contributed by atoms with E-state index in [1.54, 1.807) is 12.1 Å². The van der Waals surface area contributed by atoms with E-state index >= 15 is 0 Å². The first-order chi connectivity index (χ1) is 8.24. The van der Waals surface area contributed by atoms with Crippen molar-refractivity contribution in [1.82, 2.24) is 0 Å². The van der Waals surface area contributed by atoms with Crippen LogP contribution < -0.4 is 0 Å². The van der Waals surface area contributed by atoms with Gasteiger partial charge in [-0.25, -0.2) is 4.39 Å². The summed E-state index contributed by atoms with van der Waals surface area (Å²) in [7, 11) is 0. The van der Waals surface area contributed by atoms with Gasteiger partial charge in [-0.1, -0.05) is 24.6 Å². The molecule has 0 amide bonds. The third kappa shape index (κ3) is 1.22. The fourth-order valence-corrected chi connectivity index (χ4v) is 3.07. The monoisotopic (exact) mass is 231 g/mol. The molecule has 1 saturated heterocycles. The van der Waals surface area contributed by atoms with Crippen molar-refractivity contribution in [3.8, 4) is 6.07 Å². The molecule has 3 heteroatoms. The molecule has 1 aromatic rings. The first-order valence-electron chi connectivity index (χ1n) is 5.98. The van der Waals surface area contributed by atoms with E-state index in [2.05, 4.69) is 6.07 Å². The molecule has 2 fully saturated rings. The van der Waals surface area contributed by atoms with E-state index in [1.807, 2.05) is 6.07 Å². The standard InChI is InChI=1S/C14H14FNO/c15-12-5-2-1-4-11(12)14(9-17-10-14)13(8-16)6-3-7-13/h1-2,4-5H,3,6-7,9-10H2. The zero-order chi connectivity index (χ0) is 11.9. The van der Waals surface area contributed by atoms with Gasteiger partial charge in [0.05, 0.1) is 30.1 Å². The van der Waals surface area contributed by atoms with Crippen LogP contribution in [0.5, 0.6) is 0 Å². The number of nitrogens with zero attached hydrogens (tertiary/aromatic N) is 1. The van der Waals surface area contributed by atoms with Crippen LogP contribution in [0.15, 0.2) is 24.3 Å². The highest BCUT2D eigenvalue weighted by Crippen LogP contribution is 2.58. The van der Waals surface area contributed by atoms with Gasteiger partial charge in [0.2, 0.25) is 0 Å². The van der Waals surface area contributed by atoms with Gasteiger partial charge < -0.3 is 4.74 Å². The normalized spacial score (nSPS) is 24.2. The minimum absolute atomic E-state index is 0.211. The lowest BCUT2D eigenvalue weighted by molar-refractivity contribution is -0.136. The van der Waals surface area contributed by atoms with Crippen LogP contribution in [0.25, 0.3) is 0 Å². The molecule has 1 saturated carbocycles. The van der Waals surface area contributed by atoms with E-state index in [4.69, 9.17) is 4.74 Å². The van der Waals surface area contributed by atoms with E-state index in [9.17, 15) is 9.65 Å². The van der Waals surface area contributed by atoms with Gasteiger partial charge in [-0.05, 0) is 18.9 Å². The van der Waals surface area contributed by atoms with Gasteiger partial charge in [-0.2, -0.15) is 5.26 Å². The molecule has 0 aromatic heterocycles. The molecule has 0 radical (unpaired) electrons. The second kappa shape index (κ2) is 3.54. The fraction of sp³-hybridized carbons (Fsp3) is 0.500. The molecule has 0 unspecified atom stereocenters. The van der Waals surface area contributed by atoms with Crippen molar-refractivity contribution in [3.05, 3.63) is 35.6 Å². The zero-order valence-corrected chi connectivity index (χ0v) is 9.58. The van der Waals surface area contributed by atoms with E-state index in [0.717, 1.165) is 19.3 Å². The van der Waals surface area contributed by atoms with Crippen molar-refractivity contribution in [2.24, 2.45) is 5.41 Å². The number of hydrogen-bond donors (Lipinski definition) is 0. The quantitative estimate of drug-likeness (QED) is 0.784. The van der Waals surface area contributed by atoms with Crippen LogP contribution >= 0.6 is 0 Å². The molecular weight excluding hydrogens is 217 g/mol. The number of ether oxygens (including phenoxy) is 1. The summed E-state index contributed by atoms with van der Waals surface area (Å²) in [6.45, 7) is 0.947. The largest absolute Gasteiger partial charge is 0.379 e. The van der Waals surface area contributed by atoms with E-state index in [1.165, 1.54) is 6.07 Å². The van der Waals surface area contributed by atoms with Crippen LogP contribution in [0.1, 0.15) is 24.8 Å². The van der Waals surface area contributed by atoms with Gasteiger partial charge >= 0.3 is 0 Å². The maximum atomic E-state index is 14.0. The second-order valence-corrected chi connectivity index (χ2v) is 5.10. The minimum Gasteiger partial charge on any atom is -0.379 e. The lowest BCUT2D eigenvalue weighted by atomic mass is 9.50. The Labute approximate surface area is 100 Å². The summed E-state index contributed by atoms with van der Waals surface area (Å²) < 4.78 is 19.3. The molecular formula is C14H14FNO. The Kier molecular flexibility index (Phi) is 2.24. The van der Waals surface area contributed by atoms with Gasteiger partial charge in [0, 0.05) is 5.56 Å². The van der Waals surface area contributed by atoms with Crippen LogP contribution in [0, 0.1) is 22.6 Å². The molecule has 88 valence electrons. The van der Waals surface area contributed by atoms with Crippen LogP contribution in [0.3, 0.4) is 0 Å². The summed E-state index contributed by atoms with van der Waals surface area (Å²) in [4.78, 5) is 0. The molecule has 0 atom stereocenters. The van der Waals surface area contributed by atoms with Crippen LogP contribution in [0.2, 0.25) is 0 Å². The summed E-state index contributed by atoms with van der Waals surface area (Å²) in [5.41, 5.74) is -0.161. The van der Waals surface area contributed by atoms with Crippen LogP contribution in [-0.2, 0) is 10.2 Å². The first kappa shape index (κ1) is 10.7. The van der Waals surface area contributed by atoms with Gasteiger partial charge in [-0.3, -0.25) is 0 Å². The molecule has 1 aliphatic heterocycles. The highest BCUT2D eigenvalue weighted by Gasteiger charge is 2.61. The number of nitriles is 1. The predicted octanol–water partition coefficient (Wildman–Crippen LogP) is 2.79. The Hall–Kier alpha value is -1.40. The van der Waals surface area contributed by atoms with Crippen molar-refractivity contribution in [2.45, 2.75) is 24.7 Å². The predicted molar refractivity (Wildman–Crippen MR) is 60.8 cm³/mol. The lowest BCUT2D eigenvalue weighted by Gasteiger charge is -2.56. The lowest BCUT2D eigenvalue weighted by Crippen LogP contribution is -2.61. The molecule has 0 spiro atoms. The summed E-state index contributed by atoms with van der Waals surface area (Å²) in [5.74, 6) is -0.211. The Morgan fingerprint density at radius 1 is 1.24 bits per heavy atom. The highest BCUT2D eigenvalue weighted by molar-refractivity contribution is 5.37. The Morgan fingerprint density at radius 3 is 2.35 bits per heavy atom. The van der Waals surface area contributed by atoms with Crippen molar-refractivity contribution in [3.63, 3.8) is 0 Å². The fourth-order valence-electron chi connectivity index (χ4n) is 3.07. The summed E-state index contributed by atoms with van der Waals surface area (Å²) >= 11 is 0. The van der Waals surface area contributed by atoms with Crippen molar-refractivity contribution in [2.75, 3.05) is 13.2 Å². The molecule has 1 aliphatic carbocycles. The van der Waals surface area contributed by atoms with Crippen molar-refractivity contribution in [1.29, 1.82) is 5.26 Å². The van der Waals surface area contributed by atoms with E-state index in [0.29, 0.717) is 18.8 Å². The van der Waals surface area contributed by atoms with Gasteiger partial charge in [-0.15, -0.1) is 0 Å². The van der Waals surface area contributed by atoms with Gasteiger partial charge in [0.1, 0.15) is 5.82 Å². The maximum Gasteiger partial charge on any atom is 0.127 e. The SMILES string of the molecule is N#CC1(C2(c3ccccc3F)COC2)CCC1. The third-order valence-corrected chi connectivity index (χ3v) is 4.42. The number of halogens is 1. The van der Waals surface area contributed by atoms with Crippen LogP contribution in [0.4, 0.5) is 4.39 Å². The van der Waals surface area contributed by atoms with Crippen molar-refractivity contribution >= 4 is 0 Å². The molecule has 1 heterocycles. The minimum atomic E-state index is -0.411. The molecule has 17 heavy (non-hydrogen) atoms. The summed E-state index contributed by atoms with van der Waals surface area (Å²) in [5, 5.41) is 9.46. The summed E-state index contributed by atoms with van der Waals surface area (Å²) in [6, 6.07) is 9.23. The van der Waals surface area contributed by atoms with Crippen molar-refractivity contribution < 1.29 is 9.13 Å². The zero-order valence-electron chi connectivity index (χ0n) is 9.58. The molecule has 0 bridgehead atoms. The average molecular weight is 231 g/mol. The Balaban J connectivity index is 2.10. The smallest absolute Gasteiger partial charge is 0.127 e. The molecule has 0 N–H and O–H groups in total. The third-order valence-electron chi connectivity index (χ3n) is 4.42.